The lowest BCUT2D eigenvalue weighted by Crippen LogP contribution is -2.19. The number of nitrogens with two attached hydrogens (primary N) is 1. The van der Waals surface area contributed by atoms with Gasteiger partial charge in [-0.3, -0.25) is 0 Å². The van der Waals surface area contributed by atoms with Gasteiger partial charge in [0, 0.05) is 0 Å². The maximum atomic E-state index is 11.2. The van der Waals surface area contributed by atoms with E-state index in [9.17, 15) is 4.79 Å². The Balaban J connectivity index is 3.01. The Morgan fingerprint density at radius 2 is 2.38 bits per heavy atom. The number of nitrogen functional groups attached to an aromatic ring is 1. The van der Waals surface area contributed by atoms with Crippen molar-refractivity contribution in [2.75, 3.05) is 12.4 Å². The summed E-state index contributed by atoms with van der Waals surface area (Å²) in [7, 11) is 0. The molecule has 13 heavy (non-hydrogen) atoms. The molecule has 0 radical (unpaired) electrons. The van der Waals surface area contributed by atoms with E-state index < -0.39 is 5.97 Å². The summed E-state index contributed by atoms with van der Waals surface area (Å²) in [6, 6.07) is 0. The second kappa shape index (κ2) is 3.78. The van der Waals surface area contributed by atoms with Gasteiger partial charge in [-0.2, -0.15) is 0 Å². The Labute approximate surface area is 84.0 Å². The molecule has 5 nitrogen and oxygen atoms in total. The Hall–Kier alpha value is -1.04. The first-order chi connectivity index (χ1) is 6.07. The van der Waals surface area contributed by atoms with Gasteiger partial charge in [0.1, 0.15) is 4.60 Å². The first kappa shape index (κ1) is 10.0. The SMILES string of the molecule is CCOC(=O)c1nc(C)c(Br)n1N. The minimum atomic E-state index is -0.515. The number of nitrogens with zero attached hydrogens (tertiary/aromatic N) is 2. The average molecular weight is 248 g/mol. The molecular formula is C7H10BrN3O2. The molecule has 0 aromatic carbocycles. The van der Waals surface area contributed by atoms with Gasteiger partial charge in [-0.25, -0.2) is 14.5 Å². The Morgan fingerprint density at radius 1 is 1.77 bits per heavy atom. The van der Waals surface area contributed by atoms with Crippen molar-refractivity contribution in [3.8, 4) is 0 Å². The van der Waals surface area contributed by atoms with Crippen molar-refractivity contribution in [1.29, 1.82) is 0 Å². The fraction of sp³-hybridized carbons (Fsp3) is 0.429. The molecule has 0 saturated carbocycles. The quantitative estimate of drug-likeness (QED) is 0.622. The van der Waals surface area contributed by atoms with Crippen LogP contribution in [0, 0.1) is 6.92 Å². The molecule has 0 atom stereocenters. The highest BCUT2D eigenvalue weighted by atomic mass is 79.9. The second-order valence-corrected chi connectivity index (χ2v) is 3.15. The molecule has 0 fully saturated rings. The predicted octanol–water partition coefficient (Wildman–Crippen LogP) is 0.845. The molecule has 1 aromatic rings. The number of ether oxygens (including phenoxy) is 1. The van der Waals surface area contributed by atoms with Crippen LogP contribution in [-0.2, 0) is 4.74 Å². The molecule has 0 aliphatic carbocycles. The van der Waals surface area contributed by atoms with Gasteiger partial charge in [-0.05, 0) is 29.8 Å². The zero-order chi connectivity index (χ0) is 10.0. The summed E-state index contributed by atoms with van der Waals surface area (Å²) < 4.78 is 6.49. The summed E-state index contributed by atoms with van der Waals surface area (Å²) in [5, 5.41) is 0. The third-order valence-electron chi connectivity index (χ3n) is 1.47. The van der Waals surface area contributed by atoms with Gasteiger partial charge in [0.25, 0.3) is 0 Å². The van der Waals surface area contributed by atoms with Crippen LogP contribution < -0.4 is 5.84 Å². The molecule has 0 aliphatic heterocycles. The van der Waals surface area contributed by atoms with Crippen LogP contribution in [0.2, 0.25) is 0 Å². The molecule has 1 aromatic heterocycles. The second-order valence-electron chi connectivity index (χ2n) is 2.40. The lowest BCUT2D eigenvalue weighted by Gasteiger charge is -2.00. The zero-order valence-corrected chi connectivity index (χ0v) is 8.96. The van der Waals surface area contributed by atoms with Crippen LogP contribution in [0.15, 0.2) is 4.60 Å². The molecule has 0 spiro atoms. The third kappa shape index (κ3) is 1.82. The lowest BCUT2D eigenvalue weighted by molar-refractivity contribution is 0.0508. The van der Waals surface area contributed by atoms with Crippen molar-refractivity contribution in [2.45, 2.75) is 13.8 Å². The first-order valence-corrected chi connectivity index (χ1v) is 4.54. The van der Waals surface area contributed by atoms with Crippen molar-refractivity contribution in [2.24, 2.45) is 0 Å². The molecule has 72 valence electrons. The van der Waals surface area contributed by atoms with E-state index in [1.807, 2.05) is 0 Å². The molecule has 0 aliphatic rings. The van der Waals surface area contributed by atoms with Gasteiger partial charge in [0.05, 0.1) is 12.3 Å². The number of imidazole rings is 1. The molecule has 0 unspecified atom stereocenters. The normalized spacial score (nSPS) is 10.1. The van der Waals surface area contributed by atoms with E-state index in [2.05, 4.69) is 20.9 Å². The fourth-order valence-electron chi connectivity index (χ4n) is 0.866. The van der Waals surface area contributed by atoms with Crippen LogP contribution in [0.1, 0.15) is 23.2 Å². The lowest BCUT2D eigenvalue weighted by atomic mass is 10.6. The number of aryl methyl sites for hydroxylation is 1. The number of carbonyl (C=O) groups excluding carboxylic acids is 1. The highest BCUT2D eigenvalue weighted by Crippen LogP contribution is 2.15. The molecule has 1 rings (SSSR count). The maximum absolute atomic E-state index is 11.2. The Kier molecular flexibility index (Phi) is 2.92. The molecule has 0 bridgehead atoms. The zero-order valence-electron chi connectivity index (χ0n) is 7.37. The minimum absolute atomic E-state index is 0.103. The summed E-state index contributed by atoms with van der Waals surface area (Å²) in [4.78, 5) is 15.2. The van der Waals surface area contributed by atoms with Crippen LogP contribution in [-0.4, -0.2) is 22.2 Å². The molecule has 1 heterocycles. The Bertz CT molecular complexity index is 335. The van der Waals surface area contributed by atoms with E-state index in [-0.39, 0.29) is 5.82 Å². The van der Waals surface area contributed by atoms with Gasteiger partial charge < -0.3 is 10.6 Å². The maximum Gasteiger partial charge on any atom is 0.376 e. The van der Waals surface area contributed by atoms with Crippen molar-refractivity contribution >= 4 is 21.9 Å². The minimum Gasteiger partial charge on any atom is -0.460 e. The van der Waals surface area contributed by atoms with Gasteiger partial charge in [-0.15, -0.1) is 0 Å². The number of carbonyl (C=O) groups is 1. The highest BCUT2D eigenvalue weighted by Gasteiger charge is 2.17. The summed E-state index contributed by atoms with van der Waals surface area (Å²) in [6.45, 7) is 3.78. The molecular weight excluding hydrogens is 238 g/mol. The number of aromatic nitrogens is 2. The number of hydrogen-bond donors (Lipinski definition) is 1. The molecule has 2 N–H and O–H groups in total. The van der Waals surface area contributed by atoms with Crippen molar-refractivity contribution in [3.05, 3.63) is 16.1 Å². The summed E-state index contributed by atoms with van der Waals surface area (Å²) >= 11 is 3.19. The molecule has 0 amide bonds. The summed E-state index contributed by atoms with van der Waals surface area (Å²) in [5.74, 6) is 5.13. The van der Waals surface area contributed by atoms with Crippen molar-refractivity contribution < 1.29 is 9.53 Å². The summed E-state index contributed by atoms with van der Waals surface area (Å²) in [5.41, 5.74) is 0.658. The van der Waals surface area contributed by atoms with Gasteiger partial charge in [0.15, 0.2) is 0 Å². The van der Waals surface area contributed by atoms with Gasteiger partial charge in [0.2, 0.25) is 5.82 Å². The first-order valence-electron chi connectivity index (χ1n) is 3.75. The van der Waals surface area contributed by atoms with Gasteiger partial charge in [-0.1, -0.05) is 0 Å². The third-order valence-corrected chi connectivity index (χ3v) is 2.43. The number of hydrogen-bond acceptors (Lipinski definition) is 4. The van der Waals surface area contributed by atoms with E-state index in [4.69, 9.17) is 10.6 Å². The molecule has 0 saturated heterocycles. The highest BCUT2D eigenvalue weighted by molar-refractivity contribution is 9.10. The van der Waals surface area contributed by atoms with Crippen LogP contribution in [0.5, 0.6) is 0 Å². The number of rotatable bonds is 2. The smallest absolute Gasteiger partial charge is 0.376 e. The van der Waals surface area contributed by atoms with Crippen LogP contribution in [0.25, 0.3) is 0 Å². The number of halogens is 1. The van der Waals surface area contributed by atoms with Crippen molar-refractivity contribution in [1.82, 2.24) is 9.66 Å². The van der Waals surface area contributed by atoms with E-state index in [0.717, 1.165) is 4.68 Å². The van der Waals surface area contributed by atoms with Crippen LogP contribution in [0.3, 0.4) is 0 Å². The standard InChI is InChI=1S/C7H10BrN3O2/c1-3-13-7(12)6-10-4(2)5(8)11(6)9/h3,9H2,1-2H3. The largest absolute Gasteiger partial charge is 0.460 e. The van der Waals surface area contributed by atoms with E-state index in [0.29, 0.717) is 16.9 Å². The topological polar surface area (TPSA) is 70.1 Å². The van der Waals surface area contributed by atoms with E-state index in [1.165, 1.54) is 0 Å². The molecule has 6 heteroatoms. The fourth-order valence-corrected chi connectivity index (χ4v) is 1.12. The average Bonchev–Trinajstić information content (AvgIpc) is 2.33. The van der Waals surface area contributed by atoms with Crippen molar-refractivity contribution in [3.63, 3.8) is 0 Å². The monoisotopic (exact) mass is 247 g/mol. The van der Waals surface area contributed by atoms with E-state index >= 15 is 0 Å². The number of esters is 1. The van der Waals surface area contributed by atoms with Crippen LogP contribution in [0.4, 0.5) is 0 Å². The van der Waals surface area contributed by atoms with Crippen LogP contribution >= 0.6 is 15.9 Å². The van der Waals surface area contributed by atoms with Gasteiger partial charge >= 0.3 is 5.97 Å². The van der Waals surface area contributed by atoms with E-state index in [1.54, 1.807) is 13.8 Å². The summed E-state index contributed by atoms with van der Waals surface area (Å²) in [6.07, 6.45) is 0. The Morgan fingerprint density at radius 3 is 2.77 bits per heavy atom. The predicted molar refractivity (Wildman–Crippen MR) is 50.8 cm³/mol.